The van der Waals surface area contributed by atoms with Gasteiger partial charge in [0.15, 0.2) is 5.13 Å². The molecule has 2 N–H and O–H groups in total. The first-order chi connectivity index (χ1) is 9.54. The zero-order chi connectivity index (χ0) is 14.2. The highest BCUT2D eigenvalue weighted by Gasteiger charge is 2.20. The number of nitrogens with one attached hydrogen (secondary N) is 2. The van der Waals surface area contributed by atoms with Crippen LogP contribution in [0.4, 0.5) is 5.13 Å². The molecule has 1 aliphatic rings. The number of hydrogen-bond donors (Lipinski definition) is 2. The van der Waals surface area contributed by atoms with Crippen LogP contribution in [0.2, 0.25) is 5.02 Å². The molecule has 0 saturated carbocycles. The van der Waals surface area contributed by atoms with Crippen molar-refractivity contribution in [1.82, 2.24) is 10.3 Å². The molecule has 1 aliphatic heterocycles. The summed E-state index contributed by atoms with van der Waals surface area (Å²) in [4.78, 5) is 5.56. The number of fused-ring (bicyclic) bond motifs is 1. The number of halogens is 1. The number of aromatic nitrogens is 1. The van der Waals surface area contributed by atoms with Crippen LogP contribution in [-0.2, 0) is 23.0 Å². The molecule has 0 atom stereocenters. The largest absolute Gasteiger partial charge is 0.311 e. The zero-order valence-corrected chi connectivity index (χ0v) is 12.8. The summed E-state index contributed by atoms with van der Waals surface area (Å²) in [5.41, 5.74) is 0.970. The molecule has 3 rings (SSSR count). The summed E-state index contributed by atoms with van der Waals surface area (Å²) in [5.74, 6) is 0. The molecule has 0 saturated heterocycles. The van der Waals surface area contributed by atoms with E-state index in [2.05, 4.69) is 15.0 Å². The van der Waals surface area contributed by atoms with E-state index in [0.717, 1.165) is 30.1 Å². The normalized spacial score (nSPS) is 14.8. The summed E-state index contributed by atoms with van der Waals surface area (Å²) in [6, 6.07) is 6.16. The summed E-state index contributed by atoms with van der Waals surface area (Å²) in [5, 5.41) is 4.02. The minimum Gasteiger partial charge on any atom is -0.311 e. The van der Waals surface area contributed by atoms with Crippen LogP contribution < -0.4 is 10.0 Å². The number of benzene rings is 1. The lowest BCUT2D eigenvalue weighted by Crippen LogP contribution is -2.22. The number of rotatable bonds is 3. The molecule has 0 radical (unpaired) electrons. The molecule has 2 heterocycles. The van der Waals surface area contributed by atoms with Crippen molar-refractivity contribution < 1.29 is 8.42 Å². The van der Waals surface area contributed by atoms with Gasteiger partial charge in [0.25, 0.3) is 10.0 Å². The van der Waals surface area contributed by atoms with E-state index in [1.165, 1.54) is 23.5 Å². The minimum atomic E-state index is -3.64. The van der Waals surface area contributed by atoms with Crippen molar-refractivity contribution in [1.29, 1.82) is 0 Å². The van der Waals surface area contributed by atoms with Gasteiger partial charge in [0.1, 0.15) is 0 Å². The molecule has 20 heavy (non-hydrogen) atoms. The first-order valence-corrected chi connectivity index (χ1v) is 8.70. The Morgan fingerprint density at radius 3 is 3.00 bits per heavy atom. The van der Waals surface area contributed by atoms with Crippen LogP contribution in [0.1, 0.15) is 10.6 Å². The highest BCUT2D eigenvalue weighted by atomic mass is 35.5. The quantitative estimate of drug-likeness (QED) is 0.906. The average molecular weight is 330 g/mol. The van der Waals surface area contributed by atoms with E-state index in [9.17, 15) is 8.42 Å². The van der Waals surface area contributed by atoms with Crippen LogP contribution in [0, 0.1) is 0 Å². The van der Waals surface area contributed by atoms with Gasteiger partial charge in [-0.15, -0.1) is 0 Å². The molecule has 0 unspecified atom stereocenters. The second-order valence-electron chi connectivity index (χ2n) is 4.38. The van der Waals surface area contributed by atoms with Gasteiger partial charge in [0.2, 0.25) is 0 Å². The maximum atomic E-state index is 12.2. The summed E-state index contributed by atoms with van der Waals surface area (Å²) >= 11 is 7.19. The number of nitrogens with zero attached hydrogens (tertiary/aromatic N) is 1. The monoisotopic (exact) mass is 329 g/mol. The van der Waals surface area contributed by atoms with E-state index in [1.54, 1.807) is 12.1 Å². The number of thiazole rings is 1. The molecule has 0 aliphatic carbocycles. The van der Waals surface area contributed by atoms with Gasteiger partial charge in [-0.05, 0) is 18.2 Å². The molecule has 2 aromatic rings. The molecule has 0 amide bonds. The topological polar surface area (TPSA) is 71.1 Å². The Balaban J connectivity index is 1.88. The first kappa shape index (κ1) is 13.8. The van der Waals surface area contributed by atoms with E-state index < -0.39 is 10.0 Å². The molecule has 1 aromatic carbocycles. The molecule has 0 bridgehead atoms. The van der Waals surface area contributed by atoms with Gasteiger partial charge < -0.3 is 5.32 Å². The summed E-state index contributed by atoms with van der Waals surface area (Å²) in [7, 11) is -3.64. The SMILES string of the molecule is O=S(=O)(Nc1nc2c(s1)CNCC2)c1cccc(Cl)c1. The fourth-order valence-electron chi connectivity index (χ4n) is 1.98. The Bertz CT molecular complexity index is 719. The van der Waals surface area contributed by atoms with Crippen molar-refractivity contribution in [2.75, 3.05) is 11.3 Å². The molecular weight excluding hydrogens is 318 g/mol. The van der Waals surface area contributed by atoms with Gasteiger partial charge in [0, 0.05) is 29.4 Å². The van der Waals surface area contributed by atoms with Gasteiger partial charge in [0.05, 0.1) is 10.6 Å². The van der Waals surface area contributed by atoms with Crippen molar-refractivity contribution in [2.24, 2.45) is 0 Å². The van der Waals surface area contributed by atoms with Crippen molar-refractivity contribution in [2.45, 2.75) is 17.9 Å². The number of sulfonamides is 1. The van der Waals surface area contributed by atoms with Gasteiger partial charge in [-0.2, -0.15) is 0 Å². The lowest BCUT2D eigenvalue weighted by molar-refractivity contribution is 0.601. The zero-order valence-electron chi connectivity index (χ0n) is 10.4. The first-order valence-electron chi connectivity index (χ1n) is 6.02. The Labute approximate surface area is 126 Å². The standard InChI is InChI=1S/C12H12ClN3O2S2/c13-8-2-1-3-9(6-8)20(17,18)16-12-15-10-4-5-14-7-11(10)19-12/h1-3,6,14H,4-5,7H2,(H,15,16). The van der Waals surface area contributed by atoms with Crippen LogP contribution in [0.3, 0.4) is 0 Å². The Morgan fingerprint density at radius 1 is 1.40 bits per heavy atom. The van der Waals surface area contributed by atoms with Crippen molar-refractivity contribution in [3.05, 3.63) is 39.9 Å². The van der Waals surface area contributed by atoms with Crippen LogP contribution in [0.25, 0.3) is 0 Å². The molecule has 0 spiro atoms. The van der Waals surface area contributed by atoms with Gasteiger partial charge in [-0.25, -0.2) is 13.4 Å². The molecule has 5 nitrogen and oxygen atoms in total. The molecule has 1 aromatic heterocycles. The predicted octanol–water partition coefficient (Wildman–Crippen LogP) is 2.24. The van der Waals surface area contributed by atoms with E-state index in [4.69, 9.17) is 11.6 Å². The second-order valence-corrected chi connectivity index (χ2v) is 7.58. The highest BCUT2D eigenvalue weighted by molar-refractivity contribution is 7.93. The molecule has 0 fully saturated rings. The van der Waals surface area contributed by atoms with Crippen LogP contribution in [-0.4, -0.2) is 19.9 Å². The fraction of sp³-hybridized carbons (Fsp3) is 0.250. The van der Waals surface area contributed by atoms with E-state index in [0.29, 0.717) is 10.2 Å². The maximum absolute atomic E-state index is 12.2. The fourth-order valence-corrected chi connectivity index (χ4v) is 4.49. The van der Waals surface area contributed by atoms with Crippen molar-refractivity contribution in [3.8, 4) is 0 Å². The van der Waals surface area contributed by atoms with E-state index in [-0.39, 0.29) is 4.90 Å². The minimum absolute atomic E-state index is 0.135. The second kappa shape index (κ2) is 5.33. The third kappa shape index (κ3) is 2.80. The lowest BCUT2D eigenvalue weighted by Gasteiger charge is -2.09. The third-order valence-corrected chi connectivity index (χ3v) is 5.64. The Morgan fingerprint density at radius 2 is 2.25 bits per heavy atom. The number of hydrogen-bond acceptors (Lipinski definition) is 5. The Kier molecular flexibility index (Phi) is 3.68. The molecule has 106 valence electrons. The summed E-state index contributed by atoms with van der Waals surface area (Å²) in [6.07, 6.45) is 0.824. The summed E-state index contributed by atoms with van der Waals surface area (Å²) < 4.78 is 27.0. The average Bonchev–Trinajstić information content (AvgIpc) is 2.80. The van der Waals surface area contributed by atoms with Gasteiger partial charge >= 0.3 is 0 Å². The van der Waals surface area contributed by atoms with Crippen molar-refractivity contribution in [3.63, 3.8) is 0 Å². The number of anilines is 1. The maximum Gasteiger partial charge on any atom is 0.263 e. The molecular formula is C12H12ClN3O2S2. The van der Waals surface area contributed by atoms with Crippen LogP contribution >= 0.6 is 22.9 Å². The Hall–Kier alpha value is -1.15. The van der Waals surface area contributed by atoms with E-state index in [1.807, 2.05) is 0 Å². The predicted molar refractivity (Wildman–Crippen MR) is 79.8 cm³/mol. The smallest absolute Gasteiger partial charge is 0.263 e. The molecule has 8 heteroatoms. The van der Waals surface area contributed by atoms with Crippen molar-refractivity contribution >= 4 is 38.1 Å². The lowest BCUT2D eigenvalue weighted by atomic mass is 10.2. The highest BCUT2D eigenvalue weighted by Crippen LogP contribution is 2.27. The van der Waals surface area contributed by atoms with Gasteiger partial charge in [-0.3, -0.25) is 4.72 Å². The van der Waals surface area contributed by atoms with Crippen LogP contribution in [0.5, 0.6) is 0 Å². The van der Waals surface area contributed by atoms with Crippen LogP contribution in [0.15, 0.2) is 29.2 Å². The summed E-state index contributed by atoms with van der Waals surface area (Å²) in [6.45, 7) is 1.61. The third-order valence-electron chi connectivity index (χ3n) is 2.93. The van der Waals surface area contributed by atoms with Gasteiger partial charge in [-0.1, -0.05) is 29.0 Å². The van der Waals surface area contributed by atoms with E-state index >= 15 is 0 Å².